The molecule has 0 aromatic heterocycles. The molecule has 1 aromatic carbocycles. The van der Waals surface area contributed by atoms with Crippen LogP contribution in [-0.4, -0.2) is 37.5 Å². The molecule has 1 atom stereocenters. The number of carbonyl (C=O) groups excluding carboxylic acids is 1. The summed E-state index contributed by atoms with van der Waals surface area (Å²) >= 11 is 0. The van der Waals surface area contributed by atoms with Crippen molar-refractivity contribution < 1.29 is 24.1 Å². The minimum Gasteiger partial charge on any atom is -0.504 e. The van der Waals surface area contributed by atoms with Gasteiger partial charge in [0, 0.05) is 7.11 Å². The third-order valence-corrected chi connectivity index (χ3v) is 2.64. The highest BCUT2D eigenvalue weighted by Crippen LogP contribution is 2.27. The van der Waals surface area contributed by atoms with Gasteiger partial charge in [0.1, 0.15) is 17.7 Å². The number of ether oxygens (including phenoxy) is 3. The fourth-order valence-corrected chi connectivity index (χ4v) is 1.71. The van der Waals surface area contributed by atoms with Gasteiger partial charge in [0.25, 0.3) is 0 Å². The average molecular weight is 305 g/mol. The quantitative estimate of drug-likeness (QED) is 0.472. The topological polar surface area (TPSA) is 88.8 Å². The molecule has 0 aliphatic rings. The largest absolute Gasteiger partial charge is 0.504 e. The van der Waals surface area contributed by atoms with Gasteiger partial charge in [0.05, 0.1) is 13.2 Å². The van der Waals surface area contributed by atoms with Crippen LogP contribution in [0.1, 0.15) is 19.4 Å². The second kappa shape index (κ2) is 8.70. The van der Waals surface area contributed by atoms with E-state index in [-0.39, 0.29) is 23.7 Å². The van der Waals surface area contributed by atoms with E-state index in [4.69, 9.17) is 19.5 Å². The minimum absolute atomic E-state index is 0.00574. The molecule has 0 saturated heterocycles. The van der Waals surface area contributed by atoms with Crippen molar-refractivity contribution in [3.05, 3.63) is 29.3 Å². The lowest BCUT2D eigenvalue weighted by Gasteiger charge is -2.11. The maximum absolute atomic E-state index is 11.9. The van der Waals surface area contributed by atoms with Gasteiger partial charge < -0.3 is 19.3 Å². The fraction of sp³-hybridized carbons (Fsp3) is 0.375. The number of phenolic OH excluding ortho intramolecular Hbond substituents is 1. The van der Waals surface area contributed by atoms with E-state index in [2.05, 4.69) is 0 Å². The van der Waals surface area contributed by atoms with E-state index in [1.807, 2.05) is 0 Å². The molecule has 1 aromatic rings. The SMILES string of the molecule is CCOc1cc(/C=C(\C#N)C(=O)O[C@@H](C)COC)ccc1O. The van der Waals surface area contributed by atoms with E-state index in [9.17, 15) is 9.90 Å². The summed E-state index contributed by atoms with van der Waals surface area (Å²) in [4.78, 5) is 11.9. The summed E-state index contributed by atoms with van der Waals surface area (Å²) in [7, 11) is 1.50. The van der Waals surface area contributed by atoms with Crippen LogP contribution >= 0.6 is 0 Å². The molecule has 0 heterocycles. The van der Waals surface area contributed by atoms with Crippen molar-refractivity contribution in [2.24, 2.45) is 0 Å². The summed E-state index contributed by atoms with van der Waals surface area (Å²) in [5, 5.41) is 18.7. The normalized spacial score (nSPS) is 12.4. The molecule has 1 rings (SSSR count). The molecule has 0 spiro atoms. The number of nitriles is 1. The molecule has 0 aliphatic carbocycles. The van der Waals surface area contributed by atoms with Crippen molar-refractivity contribution in [2.75, 3.05) is 20.3 Å². The number of aromatic hydroxyl groups is 1. The van der Waals surface area contributed by atoms with Gasteiger partial charge >= 0.3 is 5.97 Å². The van der Waals surface area contributed by atoms with Crippen molar-refractivity contribution in [1.82, 2.24) is 0 Å². The summed E-state index contributed by atoms with van der Waals surface area (Å²) in [6.07, 6.45) is 0.928. The van der Waals surface area contributed by atoms with Crippen LogP contribution in [0.5, 0.6) is 11.5 Å². The third kappa shape index (κ3) is 5.11. The molecule has 6 heteroatoms. The van der Waals surface area contributed by atoms with Crippen molar-refractivity contribution in [3.8, 4) is 17.6 Å². The molecule has 0 saturated carbocycles. The van der Waals surface area contributed by atoms with Gasteiger partial charge in [0.2, 0.25) is 0 Å². The Morgan fingerprint density at radius 1 is 1.50 bits per heavy atom. The van der Waals surface area contributed by atoms with Crippen molar-refractivity contribution in [1.29, 1.82) is 5.26 Å². The number of phenols is 1. The van der Waals surface area contributed by atoms with Crippen LogP contribution < -0.4 is 4.74 Å². The Hall–Kier alpha value is -2.52. The number of methoxy groups -OCH3 is 1. The summed E-state index contributed by atoms with van der Waals surface area (Å²) in [5.74, 6) is -0.443. The lowest BCUT2D eigenvalue weighted by molar-refractivity contribution is -0.145. The van der Waals surface area contributed by atoms with Crippen LogP contribution in [-0.2, 0) is 14.3 Å². The lowest BCUT2D eigenvalue weighted by Crippen LogP contribution is -2.20. The number of rotatable bonds is 7. The van der Waals surface area contributed by atoms with Gasteiger partial charge in [-0.15, -0.1) is 0 Å². The first-order chi connectivity index (χ1) is 10.5. The summed E-state index contributed by atoms with van der Waals surface area (Å²) < 4.78 is 15.2. The average Bonchev–Trinajstić information content (AvgIpc) is 2.48. The maximum Gasteiger partial charge on any atom is 0.349 e. The molecule has 118 valence electrons. The molecule has 1 N–H and O–H groups in total. The van der Waals surface area contributed by atoms with E-state index in [0.29, 0.717) is 12.2 Å². The van der Waals surface area contributed by atoms with Crippen LogP contribution in [0.15, 0.2) is 23.8 Å². The molecule has 0 unspecified atom stereocenters. The summed E-state index contributed by atoms with van der Waals surface area (Å²) in [5.41, 5.74) is 0.408. The van der Waals surface area contributed by atoms with Crippen LogP contribution in [0.3, 0.4) is 0 Å². The van der Waals surface area contributed by atoms with Gasteiger partial charge in [-0.2, -0.15) is 5.26 Å². The zero-order valence-corrected chi connectivity index (χ0v) is 12.8. The molecular weight excluding hydrogens is 286 g/mol. The predicted molar refractivity (Wildman–Crippen MR) is 80.3 cm³/mol. The molecular formula is C16H19NO5. The number of hydrogen-bond acceptors (Lipinski definition) is 6. The molecule has 0 bridgehead atoms. The summed E-state index contributed by atoms with van der Waals surface area (Å²) in [6, 6.07) is 6.36. The smallest absolute Gasteiger partial charge is 0.349 e. The third-order valence-electron chi connectivity index (χ3n) is 2.64. The van der Waals surface area contributed by atoms with Gasteiger partial charge in [0.15, 0.2) is 11.5 Å². The van der Waals surface area contributed by atoms with E-state index in [1.165, 1.54) is 19.3 Å². The molecule has 0 radical (unpaired) electrons. The Balaban J connectivity index is 2.95. The molecule has 0 fully saturated rings. The fourth-order valence-electron chi connectivity index (χ4n) is 1.71. The van der Waals surface area contributed by atoms with Crippen LogP contribution in [0.25, 0.3) is 6.08 Å². The Morgan fingerprint density at radius 2 is 2.23 bits per heavy atom. The number of esters is 1. The zero-order valence-electron chi connectivity index (χ0n) is 12.8. The van der Waals surface area contributed by atoms with E-state index in [1.54, 1.807) is 32.0 Å². The summed E-state index contributed by atoms with van der Waals surface area (Å²) in [6.45, 7) is 4.10. The monoisotopic (exact) mass is 305 g/mol. The van der Waals surface area contributed by atoms with Crippen LogP contribution in [0.2, 0.25) is 0 Å². The number of nitrogens with zero attached hydrogens (tertiary/aromatic N) is 1. The number of carbonyl (C=O) groups is 1. The second-order valence-electron chi connectivity index (χ2n) is 4.50. The van der Waals surface area contributed by atoms with E-state index < -0.39 is 12.1 Å². The maximum atomic E-state index is 11.9. The highest BCUT2D eigenvalue weighted by molar-refractivity contribution is 5.98. The van der Waals surface area contributed by atoms with Crippen molar-refractivity contribution in [3.63, 3.8) is 0 Å². The Morgan fingerprint density at radius 3 is 2.82 bits per heavy atom. The molecule has 0 amide bonds. The first-order valence-corrected chi connectivity index (χ1v) is 6.79. The second-order valence-corrected chi connectivity index (χ2v) is 4.50. The van der Waals surface area contributed by atoms with Gasteiger partial charge in [-0.3, -0.25) is 0 Å². The predicted octanol–water partition coefficient (Wildman–Crippen LogP) is 2.28. The number of benzene rings is 1. The Labute approximate surface area is 129 Å². The van der Waals surface area contributed by atoms with Gasteiger partial charge in [-0.05, 0) is 37.6 Å². The van der Waals surface area contributed by atoms with Crippen molar-refractivity contribution >= 4 is 12.0 Å². The van der Waals surface area contributed by atoms with Crippen molar-refractivity contribution in [2.45, 2.75) is 20.0 Å². The minimum atomic E-state index is -0.724. The molecule has 6 nitrogen and oxygen atoms in total. The Bertz CT molecular complexity index is 589. The van der Waals surface area contributed by atoms with E-state index >= 15 is 0 Å². The Kier molecular flexibility index (Phi) is 6.93. The molecule has 0 aliphatic heterocycles. The van der Waals surface area contributed by atoms with Gasteiger partial charge in [-0.1, -0.05) is 6.07 Å². The first kappa shape index (κ1) is 17.5. The highest BCUT2D eigenvalue weighted by atomic mass is 16.6. The van der Waals surface area contributed by atoms with Crippen LogP contribution in [0.4, 0.5) is 0 Å². The zero-order chi connectivity index (χ0) is 16.5. The van der Waals surface area contributed by atoms with Gasteiger partial charge in [-0.25, -0.2) is 4.79 Å². The molecule has 22 heavy (non-hydrogen) atoms. The first-order valence-electron chi connectivity index (χ1n) is 6.79. The highest BCUT2D eigenvalue weighted by Gasteiger charge is 2.15. The van der Waals surface area contributed by atoms with Crippen LogP contribution in [0, 0.1) is 11.3 Å². The lowest BCUT2D eigenvalue weighted by atomic mass is 10.1. The van der Waals surface area contributed by atoms with E-state index in [0.717, 1.165) is 0 Å². The number of hydrogen-bond donors (Lipinski definition) is 1. The standard InChI is InChI=1S/C16H19NO5/c1-4-21-15-8-12(5-6-14(15)18)7-13(9-17)16(19)22-11(2)10-20-3/h5-8,11,18H,4,10H2,1-3H3/b13-7+/t11-/m0/s1.